The van der Waals surface area contributed by atoms with Crippen LogP contribution in [0.3, 0.4) is 0 Å². The Morgan fingerprint density at radius 1 is 1.40 bits per heavy atom. The predicted octanol–water partition coefficient (Wildman–Crippen LogP) is 2.65. The smallest absolute Gasteiger partial charge is 0.255 e. The molecule has 0 aliphatic carbocycles. The fraction of sp³-hybridized carbons (Fsp3) is 0.231. The highest BCUT2D eigenvalue weighted by atomic mass is 35.5. The summed E-state index contributed by atoms with van der Waals surface area (Å²) in [5, 5.41) is 7.99. The maximum atomic E-state index is 6.13. The summed E-state index contributed by atoms with van der Waals surface area (Å²) in [6, 6.07) is 3.99. The van der Waals surface area contributed by atoms with Gasteiger partial charge in [-0.3, -0.25) is 4.98 Å². The number of halogens is 1. The zero-order chi connectivity index (χ0) is 14.1. The molecule has 1 N–H and O–H groups in total. The summed E-state index contributed by atoms with van der Waals surface area (Å²) in [6.45, 7) is 3.95. The first kappa shape index (κ1) is 12.8. The molecular weight excluding hydrogens is 276 g/mol. The molecule has 3 aromatic heterocycles. The molecule has 6 nitrogen and oxygen atoms in total. The Kier molecular flexibility index (Phi) is 3.23. The van der Waals surface area contributed by atoms with E-state index in [1.807, 2.05) is 32.2 Å². The number of nitrogens with zero attached hydrogens (tertiary/aromatic N) is 5. The van der Waals surface area contributed by atoms with E-state index in [1.165, 1.54) is 6.33 Å². The minimum Gasteiger partial charge on any atom is -0.363 e. The number of fused-ring (bicyclic) bond motifs is 1. The number of hydrogen-bond acceptors (Lipinski definition) is 5. The molecule has 0 spiro atoms. The monoisotopic (exact) mass is 288 g/mol. The van der Waals surface area contributed by atoms with Crippen molar-refractivity contribution in [1.82, 2.24) is 24.6 Å². The van der Waals surface area contributed by atoms with Crippen LogP contribution in [0.2, 0.25) is 5.15 Å². The molecule has 0 aromatic carbocycles. The molecule has 0 fully saturated rings. The summed E-state index contributed by atoms with van der Waals surface area (Å²) in [6.07, 6.45) is 5.03. The maximum absolute atomic E-state index is 6.13. The van der Waals surface area contributed by atoms with Crippen LogP contribution < -0.4 is 5.32 Å². The Hall–Kier alpha value is -2.21. The lowest BCUT2D eigenvalue weighted by molar-refractivity contribution is 0.830. The number of nitrogens with one attached hydrogen (secondary N) is 1. The molecule has 0 aliphatic rings. The molecule has 0 aliphatic heterocycles. The molecule has 0 radical (unpaired) electrons. The van der Waals surface area contributed by atoms with Gasteiger partial charge < -0.3 is 5.32 Å². The zero-order valence-electron chi connectivity index (χ0n) is 11.1. The summed E-state index contributed by atoms with van der Waals surface area (Å²) >= 11 is 6.13. The van der Waals surface area contributed by atoms with Crippen molar-refractivity contribution in [2.75, 3.05) is 5.32 Å². The van der Waals surface area contributed by atoms with Gasteiger partial charge in [-0.25, -0.2) is 0 Å². The quantitative estimate of drug-likeness (QED) is 0.751. The van der Waals surface area contributed by atoms with Crippen LogP contribution in [0.15, 0.2) is 30.9 Å². The van der Waals surface area contributed by atoms with Gasteiger partial charge in [0.05, 0.1) is 6.04 Å². The standard InChI is InChI=1S/C13H13ClN6/c1-8-11(14)19-13-16-7-17-20(13)12(8)18-9(2)10-4-3-5-15-6-10/h3-7,9,18H,1-2H3. The molecule has 3 rings (SSSR count). The van der Waals surface area contributed by atoms with E-state index in [1.54, 1.807) is 10.7 Å². The molecule has 0 saturated carbocycles. The third kappa shape index (κ3) is 2.18. The predicted molar refractivity (Wildman–Crippen MR) is 76.8 cm³/mol. The van der Waals surface area contributed by atoms with Gasteiger partial charge in [0.15, 0.2) is 0 Å². The van der Waals surface area contributed by atoms with E-state index in [0.717, 1.165) is 16.9 Å². The van der Waals surface area contributed by atoms with E-state index >= 15 is 0 Å². The highest BCUT2D eigenvalue weighted by Gasteiger charge is 2.15. The Morgan fingerprint density at radius 3 is 3.00 bits per heavy atom. The highest BCUT2D eigenvalue weighted by molar-refractivity contribution is 6.30. The van der Waals surface area contributed by atoms with Crippen molar-refractivity contribution >= 4 is 23.2 Å². The van der Waals surface area contributed by atoms with Gasteiger partial charge in [-0.2, -0.15) is 19.6 Å². The van der Waals surface area contributed by atoms with Crippen LogP contribution in [0, 0.1) is 6.92 Å². The largest absolute Gasteiger partial charge is 0.363 e. The van der Waals surface area contributed by atoms with Crippen molar-refractivity contribution < 1.29 is 0 Å². The molecule has 3 aromatic rings. The molecule has 20 heavy (non-hydrogen) atoms. The average Bonchev–Trinajstić information content (AvgIpc) is 2.92. The van der Waals surface area contributed by atoms with E-state index in [-0.39, 0.29) is 6.04 Å². The van der Waals surface area contributed by atoms with E-state index < -0.39 is 0 Å². The van der Waals surface area contributed by atoms with Crippen molar-refractivity contribution in [1.29, 1.82) is 0 Å². The first-order valence-electron chi connectivity index (χ1n) is 6.19. The number of pyridine rings is 1. The van der Waals surface area contributed by atoms with Gasteiger partial charge >= 0.3 is 0 Å². The van der Waals surface area contributed by atoms with E-state index in [0.29, 0.717) is 10.9 Å². The van der Waals surface area contributed by atoms with Crippen LogP contribution >= 0.6 is 11.6 Å². The van der Waals surface area contributed by atoms with Crippen molar-refractivity contribution in [2.24, 2.45) is 0 Å². The van der Waals surface area contributed by atoms with E-state index in [4.69, 9.17) is 11.6 Å². The molecule has 1 atom stereocenters. The van der Waals surface area contributed by atoms with Gasteiger partial charge in [-0.05, 0) is 25.5 Å². The van der Waals surface area contributed by atoms with Crippen LogP contribution in [-0.4, -0.2) is 24.6 Å². The van der Waals surface area contributed by atoms with E-state index in [2.05, 4.69) is 25.4 Å². The first-order chi connectivity index (χ1) is 9.66. The molecule has 0 bridgehead atoms. The molecule has 7 heteroatoms. The van der Waals surface area contributed by atoms with E-state index in [9.17, 15) is 0 Å². The van der Waals surface area contributed by atoms with Crippen LogP contribution in [-0.2, 0) is 0 Å². The molecule has 102 valence electrons. The summed E-state index contributed by atoms with van der Waals surface area (Å²) < 4.78 is 1.65. The molecule has 0 saturated heterocycles. The van der Waals surface area contributed by atoms with Crippen LogP contribution in [0.25, 0.3) is 5.78 Å². The normalized spacial score (nSPS) is 12.6. The fourth-order valence-corrected chi connectivity index (χ4v) is 2.15. The third-order valence-corrected chi connectivity index (χ3v) is 3.51. The lowest BCUT2D eigenvalue weighted by Crippen LogP contribution is -2.13. The first-order valence-corrected chi connectivity index (χ1v) is 6.57. The summed E-state index contributed by atoms with van der Waals surface area (Å²) in [5.74, 6) is 1.26. The summed E-state index contributed by atoms with van der Waals surface area (Å²) in [5.41, 5.74) is 1.91. The molecule has 3 heterocycles. The number of rotatable bonds is 3. The van der Waals surface area contributed by atoms with Gasteiger partial charge in [-0.1, -0.05) is 17.7 Å². The molecule has 1 unspecified atom stereocenters. The Balaban J connectivity index is 2.02. The van der Waals surface area contributed by atoms with Crippen molar-refractivity contribution in [2.45, 2.75) is 19.9 Å². The Bertz CT molecular complexity index is 739. The molecule has 0 amide bonds. The van der Waals surface area contributed by atoms with Crippen molar-refractivity contribution in [3.63, 3.8) is 0 Å². The number of aromatic nitrogens is 5. The van der Waals surface area contributed by atoms with Gasteiger partial charge in [0.1, 0.15) is 17.3 Å². The van der Waals surface area contributed by atoms with Crippen LogP contribution in [0.1, 0.15) is 24.1 Å². The molecular formula is C13H13ClN6. The minimum absolute atomic E-state index is 0.0632. The summed E-state index contributed by atoms with van der Waals surface area (Å²) in [7, 11) is 0. The number of anilines is 1. The second-order valence-corrected chi connectivity index (χ2v) is 4.86. The lowest BCUT2D eigenvalue weighted by atomic mass is 10.1. The Labute approximate surface area is 120 Å². The third-order valence-electron chi connectivity index (χ3n) is 3.14. The minimum atomic E-state index is 0.0632. The SMILES string of the molecule is Cc1c(Cl)nc2ncnn2c1NC(C)c1cccnc1. The fourth-order valence-electron chi connectivity index (χ4n) is 1.99. The average molecular weight is 289 g/mol. The maximum Gasteiger partial charge on any atom is 0.255 e. The van der Waals surface area contributed by atoms with Crippen molar-refractivity contribution in [3.05, 3.63) is 47.1 Å². The highest BCUT2D eigenvalue weighted by Crippen LogP contribution is 2.25. The van der Waals surface area contributed by atoms with Crippen LogP contribution in [0.5, 0.6) is 0 Å². The van der Waals surface area contributed by atoms with Gasteiger partial charge in [-0.15, -0.1) is 0 Å². The lowest BCUT2D eigenvalue weighted by Gasteiger charge is -2.17. The van der Waals surface area contributed by atoms with Gasteiger partial charge in [0.2, 0.25) is 0 Å². The van der Waals surface area contributed by atoms with Gasteiger partial charge in [0, 0.05) is 18.0 Å². The summed E-state index contributed by atoms with van der Waals surface area (Å²) in [4.78, 5) is 12.4. The number of hydrogen-bond donors (Lipinski definition) is 1. The van der Waals surface area contributed by atoms with Gasteiger partial charge in [0.25, 0.3) is 5.78 Å². The zero-order valence-corrected chi connectivity index (χ0v) is 11.8. The topological polar surface area (TPSA) is 68.0 Å². The second-order valence-electron chi connectivity index (χ2n) is 4.50. The second kappa shape index (κ2) is 5.05. The van der Waals surface area contributed by atoms with Crippen molar-refractivity contribution in [3.8, 4) is 0 Å². The Morgan fingerprint density at radius 2 is 2.25 bits per heavy atom. The van der Waals surface area contributed by atoms with Crippen LogP contribution in [0.4, 0.5) is 5.82 Å².